The third-order valence-corrected chi connectivity index (χ3v) is 4.09. The van der Waals surface area contributed by atoms with Gasteiger partial charge in [-0.2, -0.15) is 0 Å². The number of carbonyl (C=O) groups excluding carboxylic acids is 1. The molecule has 0 aliphatic carbocycles. The Morgan fingerprint density at radius 2 is 1.74 bits per heavy atom. The number of nitrogens with zero attached hydrogens (tertiary/aromatic N) is 1. The van der Waals surface area contributed by atoms with E-state index < -0.39 is 5.60 Å². The fourth-order valence-corrected chi connectivity index (χ4v) is 2.85. The van der Waals surface area contributed by atoms with Gasteiger partial charge in [-0.1, -0.05) is 30.3 Å². The minimum Gasteiger partial charge on any atom is -0.456 e. The highest BCUT2D eigenvalue weighted by Crippen LogP contribution is 2.37. The average Bonchev–Trinajstić information content (AvgIpc) is 2.39. The zero-order valence-electron chi connectivity index (χ0n) is 12.1. The monoisotopic (exact) mass is 261 g/mol. The van der Waals surface area contributed by atoms with E-state index in [1.54, 1.807) is 0 Å². The molecule has 0 bridgehead atoms. The molecule has 1 aliphatic heterocycles. The molecule has 19 heavy (non-hydrogen) atoms. The number of hydrogen-bond donors (Lipinski definition) is 0. The molecule has 0 unspecified atom stereocenters. The van der Waals surface area contributed by atoms with Crippen molar-refractivity contribution in [3.05, 3.63) is 35.9 Å². The molecule has 0 aromatic heterocycles. The van der Waals surface area contributed by atoms with Crippen molar-refractivity contribution in [2.75, 3.05) is 13.1 Å². The molecule has 2 rings (SSSR count). The third-order valence-electron chi connectivity index (χ3n) is 4.09. The molecule has 0 radical (unpaired) electrons. The molecule has 0 saturated carbocycles. The maximum absolute atomic E-state index is 10.9. The molecular formula is C16H23NO2. The van der Waals surface area contributed by atoms with E-state index in [0.717, 1.165) is 31.5 Å². The number of benzene rings is 1. The highest BCUT2D eigenvalue weighted by Gasteiger charge is 2.40. The van der Waals surface area contributed by atoms with E-state index in [0.29, 0.717) is 6.47 Å². The van der Waals surface area contributed by atoms with Gasteiger partial charge >= 0.3 is 0 Å². The lowest BCUT2D eigenvalue weighted by Crippen LogP contribution is -2.51. The first-order valence-corrected chi connectivity index (χ1v) is 6.90. The highest BCUT2D eigenvalue weighted by molar-refractivity contribution is 5.40. The Morgan fingerprint density at radius 1 is 1.16 bits per heavy atom. The maximum atomic E-state index is 10.9. The Kier molecular flexibility index (Phi) is 3.95. The number of carbonyl (C=O) groups is 1. The van der Waals surface area contributed by atoms with E-state index in [9.17, 15) is 4.79 Å². The molecule has 1 aromatic rings. The molecule has 3 nitrogen and oxygen atoms in total. The quantitative estimate of drug-likeness (QED) is 0.783. The van der Waals surface area contributed by atoms with E-state index in [2.05, 4.69) is 37.8 Å². The first kappa shape index (κ1) is 14.1. The molecular weight excluding hydrogens is 238 g/mol. The number of hydrogen-bond acceptors (Lipinski definition) is 3. The minimum absolute atomic E-state index is 0.171. The van der Waals surface area contributed by atoms with Crippen molar-refractivity contribution in [3.8, 4) is 0 Å². The second-order valence-electron chi connectivity index (χ2n) is 6.23. The predicted octanol–water partition coefficient (Wildman–Crippen LogP) is 2.95. The number of likely N-dealkylation sites (tertiary alicyclic amines) is 1. The van der Waals surface area contributed by atoms with Crippen molar-refractivity contribution >= 4 is 6.47 Å². The lowest BCUT2D eigenvalue weighted by molar-refractivity contribution is -0.152. The molecule has 104 valence electrons. The molecule has 0 N–H and O–H groups in total. The van der Waals surface area contributed by atoms with Crippen LogP contribution in [0.2, 0.25) is 0 Å². The van der Waals surface area contributed by atoms with Gasteiger partial charge in [0, 0.05) is 31.5 Å². The van der Waals surface area contributed by atoms with Crippen LogP contribution in [-0.4, -0.2) is 30.0 Å². The van der Waals surface area contributed by atoms with Crippen LogP contribution < -0.4 is 0 Å². The van der Waals surface area contributed by atoms with Crippen molar-refractivity contribution in [3.63, 3.8) is 0 Å². The SMILES string of the molecule is CC(C)(C)N1CCC(OC=O)(c2ccccc2)CC1. The van der Waals surface area contributed by atoms with Crippen LogP contribution in [-0.2, 0) is 15.1 Å². The van der Waals surface area contributed by atoms with Gasteiger partial charge in [0.15, 0.2) is 0 Å². The fourth-order valence-electron chi connectivity index (χ4n) is 2.85. The summed E-state index contributed by atoms with van der Waals surface area (Å²) >= 11 is 0. The van der Waals surface area contributed by atoms with Crippen molar-refractivity contribution in [2.45, 2.75) is 44.8 Å². The average molecular weight is 261 g/mol. The van der Waals surface area contributed by atoms with Gasteiger partial charge in [-0.25, -0.2) is 0 Å². The first-order chi connectivity index (χ1) is 8.98. The minimum atomic E-state index is -0.440. The Labute approximate surface area is 115 Å². The van der Waals surface area contributed by atoms with Crippen LogP contribution in [0.15, 0.2) is 30.3 Å². The lowest BCUT2D eigenvalue weighted by atomic mass is 9.83. The van der Waals surface area contributed by atoms with Gasteiger partial charge in [0.25, 0.3) is 6.47 Å². The van der Waals surface area contributed by atoms with E-state index in [-0.39, 0.29) is 5.54 Å². The second kappa shape index (κ2) is 5.33. The van der Waals surface area contributed by atoms with Crippen molar-refractivity contribution in [1.29, 1.82) is 0 Å². The van der Waals surface area contributed by atoms with Crippen LogP contribution in [0.25, 0.3) is 0 Å². The Bertz CT molecular complexity index is 414. The molecule has 1 aliphatic rings. The van der Waals surface area contributed by atoms with Crippen molar-refractivity contribution in [1.82, 2.24) is 4.90 Å². The van der Waals surface area contributed by atoms with Crippen LogP contribution in [0.3, 0.4) is 0 Å². The molecule has 0 amide bonds. The molecule has 0 spiro atoms. The normalized spacial score (nSPS) is 19.9. The summed E-state index contributed by atoms with van der Waals surface area (Å²) in [5, 5.41) is 0. The molecule has 0 atom stereocenters. The van der Waals surface area contributed by atoms with Gasteiger partial charge < -0.3 is 4.74 Å². The summed E-state index contributed by atoms with van der Waals surface area (Å²) in [6, 6.07) is 10.1. The van der Waals surface area contributed by atoms with E-state index in [1.807, 2.05) is 18.2 Å². The molecule has 1 heterocycles. The van der Waals surface area contributed by atoms with Crippen LogP contribution in [0.1, 0.15) is 39.2 Å². The molecule has 1 fully saturated rings. The maximum Gasteiger partial charge on any atom is 0.293 e. The third kappa shape index (κ3) is 2.98. The van der Waals surface area contributed by atoms with Gasteiger partial charge in [-0.05, 0) is 26.3 Å². The van der Waals surface area contributed by atoms with Gasteiger partial charge in [0.05, 0.1) is 0 Å². The van der Waals surface area contributed by atoms with Crippen molar-refractivity contribution in [2.24, 2.45) is 0 Å². The van der Waals surface area contributed by atoms with Gasteiger partial charge in [0.2, 0.25) is 0 Å². The summed E-state index contributed by atoms with van der Waals surface area (Å²) in [6.07, 6.45) is 1.71. The lowest BCUT2D eigenvalue weighted by Gasteiger charge is -2.45. The fraction of sp³-hybridized carbons (Fsp3) is 0.562. The highest BCUT2D eigenvalue weighted by atomic mass is 16.5. The zero-order chi connectivity index (χ0) is 13.9. The van der Waals surface area contributed by atoms with E-state index in [1.165, 1.54) is 0 Å². The predicted molar refractivity (Wildman–Crippen MR) is 75.8 cm³/mol. The standard InChI is InChI=1S/C16H23NO2/c1-15(2,3)17-11-9-16(10-12-17,19-13-18)14-7-5-4-6-8-14/h4-8,13H,9-12H2,1-3H3. The largest absolute Gasteiger partial charge is 0.456 e. The molecule has 1 aromatic carbocycles. The van der Waals surface area contributed by atoms with Gasteiger partial charge in [-0.3, -0.25) is 9.69 Å². The Morgan fingerprint density at radius 3 is 2.21 bits per heavy atom. The smallest absolute Gasteiger partial charge is 0.293 e. The van der Waals surface area contributed by atoms with E-state index >= 15 is 0 Å². The number of piperidine rings is 1. The summed E-state index contributed by atoms with van der Waals surface area (Å²) in [7, 11) is 0. The van der Waals surface area contributed by atoms with Crippen LogP contribution >= 0.6 is 0 Å². The van der Waals surface area contributed by atoms with E-state index in [4.69, 9.17) is 4.74 Å². The molecule has 3 heteroatoms. The number of ether oxygens (including phenoxy) is 1. The summed E-state index contributed by atoms with van der Waals surface area (Å²) in [5.41, 5.74) is 0.838. The van der Waals surface area contributed by atoms with Gasteiger partial charge in [0.1, 0.15) is 5.60 Å². The summed E-state index contributed by atoms with van der Waals surface area (Å²) in [4.78, 5) is 13.3. The van der Waals surface area contributed by atoms with Crippen LogP contribution in [0, 0.1) is 0 Å². The topological polar surface area (TPSA) is 29.5 Å². The van der Waals surface area contributed by atoms with Crippen LogP contribution in [0.5, 0.6) is 0 Å². The summed E-state index contributed by atoms with van der Waals surface area (Å²) in [6.45, 7) is 9.17. The second-order valence-corrected chi connectivity index (χ2v) is 6.23. The summed E-state index contributed by atoms with van der Waals surface area (Å²) < 4.78 is 5.51. The zero-order valence-corrected chi connectivity index (χ0v) is 12.1. The van der Waals surface area contributed by atoms with Crippen LogP contribution in [0.4, 0.5) is 0 Å². The summed E-state index contributed by atoms with van der Waals surface area (Å²) in [5.74, 6) is 0. The molecule has 1 saturated heterocycles. The van der Waals surface area contributed by atoms with Gasteiger partial charge in [-0.15, -0.1) is 0 Å². The number of rotatable bonds is 3. The Balaban J connectivity index is 2.19. The Hall–Kier alpha value is -1.35. The first-order valence-electron chi connectivity index (χ1n) is 6.90. The van der Waals surface area contributed by atoms with Crippen molar-refractivity contribution < 1.29 is 9.53 Å².